The van der Waals surface area contributed by atoms with Gasteiger partial charge in [0.05, 0.1) is 5.57 Å². The van der Waals surface area contributed by atoms with Crippen LogP contribution in [0.2, 0.25) is 5.02 Å². The van der Waals surface area contributed by atoms with Gasteiger partial charge in [-0.1, -0.05) is 29.8 Å². The average molecular weight is 417 g/mol. The minimum absolute atomic E-state index is 0.156. The molecule has 1 aliphatic heterocycles. The smallest absolute Gasteiger partial charge is 0.278 e. The van der Waals surface area contributed by atoms with Crippen molar-refractivity contribution in [1.82, 2.24) is 4.90 Å². The number of imide groups is 1. The Hall–Kier alpha value is -2.70. The van der Waals surface area contributed by atoms with Crippen LogP contribution in [0.1, 0.15) is 24.5 Å². The van der Waals surface area contributed by atoms with Gasteiger partial charge in [0.2, 0.25) is 0 Å². The van der Waals surface area contributed by atoms with Crippen molar-refractivity contribution in [3.05, 3.63) is 70.1 Å². The standard InChI is InChI=1S/C22H22ClFN2O3/c1-3-29-13-5-12-26-21(27)19(15-8-10-16(24)11-9-15)20(22(26)28)25-18-7-4-6-17(23)14(18)2/h4,6-11,25H,3,5,12-13H2,1-2H3. The number of carbonyl (C=O) groups is 2. The SMILES string of the molecule is CCOCCCN1C(=O)C(Nc2cccc(Cl)c2C)=C(c2ccc(F)cc2)C1=O. The summed E-state index contributed by atoms with van der Waals surface area (Å²) in [6, 6.07) is 10.8. The molecule has 3 rings (SSSR count). The third-order valence-electron chi connectivity index (χ3n) is 4.70. The normalized spacial score (nSPS) is 14.1. The number of anilines is 1. The Morgan fingerprint density at radius 3 is 2.52 bits per heavy atom. The maximum atomic E-state index is 13.4. The first-order chi connectivity index (χ1) is 13.9. The van der Waals surface area contributed by atoms with Gasteiger partial charge >= 0.3 is 0 Å². The van der Waals surface area contributed by atoms with Gasteiger partial charge in [-0.25, -0.2) is 4.39 Å². The van der Waals surface area contributed by atoms with Crippen LogP contribution in [0.25, 0.3) is 5.57 Å². The Balaban J connectivity index is 1.97. The van der Waals surface area contributed by atoms with Crippen molar-refractivity contribution >= 4 is 34.7 Å². The Labute approximate surface area is 174 Å². The molecule has 152 valence electrons. The van der Waals surface area contributed by atoms with E-state index in [1.165, 1.54) is 29.2 Å². The summed E-state index contributed by atoms with van der Waals surface area (Å²) in [6.07, 6.45) is 0.533. The van der Waals surface area contributed by atoms with E-state index in [0.717, 1.165) is 5.56 Å². The minimum Gasteiger partial charge on any atom is -0.382 e. The van der Waals surface area contributed by atoms with E-state index in [2.05, 4.69) is 5.32 Å². The molecule has 0 atom stereocenters. The summed E-state index contributed by atoms with van der Waals surface area (Å²) in [5, 5.41) is 3.63. The van der Waals surface area contributed by atoms with Gasteiger partial charge in [0.25, 0.3) is 11.8 Å². The van der Waals surface area contributed by atoms with Crippen LogP contribution in [0.4, 0.5) is 10.1 Å². The Morgan fingerprint density at radius 1 is 1.10 bits per heavy atom. The highest BCUT2D eigenvalue weighted by Crippen LogP contribution is 2.32. The van der Waals surface area contributed by atoms with Crippen molar-refractivity contribution in [2.24, 2.45) is 0 Å². The molecule has 1 heterocycles. The highest BCUT2D eigenvalue weighted by atomic mass is 35.5. The third-order valence-corrected chi connectivity index (χ3v) is 5.11. The van der Waals surface area contributed by atoms with Crippen molar-refractivity contribution in [3.8, 4) is 0 Å². The number of ether oxygens (including phenoxy) is 1. The van der Waals surface area contributed by atoms with Crippen LogP contribution in [0.3, 0.4) is 0 Å². The van der Waals surface area contributed by atoms with Crippen molar-refractivity contribution < 1.29 is 18.7 Å². The van der Waals surface area contributed by atoms with Crippen LogP contribution in [0.15, 0.2) is 48.2 Å². The summed E-state index contributed by atoms with van der Waals surface area (Å²) < 4.78 is 18.7. The summed E-state index contributed by atoms with van der Waals surface area (Å²) in [4.78, 5) is 27.3. The van der Waals surface area contributed by atoms with Crippen LogP contribution in [0.5, 0.6) is 0 Å². The molecule has 1 aliphatic rings. The number of rotatable bonds is 8. The zero-order valence-electron chi connectivity index (χ0n) is 16.3. The lowest BCUT2D eigenvalue weighted by molar-refractivity contribution is -0.137. The molecule has 0 radical (unpaired) electrons. The number of amides is 2. The minimum atomic E-state index is -0.426. The van der Waals surface area contributed by atoms with Crippen molar-refractivity contribution in [1.29, 1.82) is 0 Å². The number of nitrogens with zero attached hydrogens (tertiary/aromatic N) is 1. The summed E-state index contributed by atoms with van der Waals surface area (Å²) in [5.41, 5.74) is 2.23. The monoisotopic (exact) mass is 416 g/mol. The van der Waals surface area contributed by atoms with E-state index in [-0.39, 0.29) is 17.8 Å². The molecule has 29 heavy (non-hydrogen) atoms. The highest BCUT2D eigenvalue weighted by Gasteiger charge is 2.39. The summed E-state index contributed by atoms with van der Waals surface area (Å²) in [6.45, 7) is 4.97. The van der Waals surface area contributed by atoms with Crippen molar-refractivity contribution in [2.75, 3.05) is 25.1 Å². The van der Waals surface area contributed by atoms with E-state index in [9.17, 15) is 14.0 Å². The molecule has 7 heteroatoms. The third kappa shape index (κ3) is 4.49. The molecule has 0 spiro atoms. The Morgan fingerprint density at radius 2 is 1.83 bits per heavy atom. The molecule has 0 aromatic heterocycles. The fourth-order valence-electron chi connectivity index (χ4n) is 3.13. The molecule has 2 aromatic rings. The molecular formula is C22H22ClFN2O3. The number of hydrogen-bond acceptors (Lipinski definition) is 4. The van der Waals surface area contributed by atoms with Crippen molar-refractivity contribution in [2.45, 2.75) is 20.3 Å². The van der Waals surface area contributed by atoms with Crippen LogP contribution in [-0.2, 0) is 14.3 Å². The van der Waals surface area contributed by atoms with Gasteiger partial charge in [-0.3, -0.25) is 14.5 Å². The van der Waals surface area contributed by atoms with Crippen LogP contribution in [-0.4, -0.2) is 36.5 Å². The fraction of sp³-hybridized carbons (Fsp3) is 0.273. The number of nitrogens with one attached hydrogen (secondary N) is 1. The van der Waals surface area contributed by atoms with Gasteiger partial charge in [-0.05, 0) is 55.7 Å². The molecular weight excluding hydrogens is 395 g/mol. The molecule has 0 bridgehead atoms. The lowest BCUT2D eigenvalue weighted by Gasteiger charge is -2.15. The molecule has 0 saturated heterocycles. The van der Waals surface area contributed by atoms with Crippen LogP contribution >= 0.6 is 11.6 Å². The highest BCUT2D eigenvalue weighted by molar-refractivity contribution is 6.36. The summed E-state index contributed by atoms with van der Waals surface area (Å²) in [5.74, 6) is -1.26. The summed E-state index contributed by atoms with van der Waals surface area (Å²) in [7, 11) is 0. The number of carbonyl (C=O) groups excluding carboxylic acids is 2. The van der Waals surface area contributed by atoms with E-state index in [1.807, 2.05) is 13.8 Å². The van der Waals surface area contributed by atoms with E-state index >= 15 is 0 Å². The first-order valence-electron chi connectivity index (χ1n) is 9.40. The summed E-state index contributed by atoms with van der Waals surface area (Å²) >= 11 is 6.19. The average Bonchev–Trinajstić information content (AvgIpc) is 2.93. The maximum absolute atomic E-state index is 13.4. The second kappa shape index (κ2) is 9.20. The molecule has 0 saturated carbocycles. The number of hydrogen-bond donors (Lipinski definition) is 1. The van der Waals surface area contributed by atoms with E-state index in [0.29, 0.717) is 35.9 Å². The van der Waals surface area contributed by atoms with E-state index in [4.69, 9.17) is 16.3 Å². The van der Waals surface area contributed by atoms with Gasteiger partial charge in [0.15, 0.2) is 0 Å². The second-order valence-electron chi connectivity index (χ2n) is 6.61. The largest absolute Gasteiger partial charge is 0.382 e. The first kappa shape index (κ1) is 21.0. The number of halogens is 2. The maximum Gasteiger partial charge on any atom is 0.278 e. The molecule has 1 N–H and O–H groups in total. The fourth-order valence-corrected chi connectivity index (χ4v) is 3.30. The van der Waals surface area contributed by atoms with E-state index in [1.54, 1.807) is 18.2 Å². The topological polar surface area (TPSA) is 58.6 Å². The molecule has 2 amide bonds. The Bertz CT molecular complexity index is 957. The molecule has 0 fully saturated rings. The molecule has 0 aliphatic carbocycles. The lowest BCUT2D eigenvalue weighted by Crippen LogP contribution is -2.34. The molecule has 0 unspecified atom stereocenters. The van der Waals surface area contributed by atoms with E-state index < -0.39 is 17.6 Å². The number of benzene rings is 2. The van der Waals surface area contributed by atoms with Gasteiger partial charge in [0, 0.05) is 30.5 Å². The predicted octanol–water partition coefficient (Wildman–Crippen LogP) is 4.41. The zero-order chi connectivity index (χ0) is 21.0. The zero-order valence-corrected chi connectivity index (χ0v) is 17.1. The lowest BCUT2D eigenvalue weighted by atomic mass is 10.0. The predicted molar refractivity (Wildman–Crippen MR) is 111 cm³/mol. The van der Waals surface area contributed by atoms with Gasteiger partial charge in [-0.2, -0.15) is 0 Å². The second-order valence-corrected chi connectivity index (χ2v) is 7.01. The van der Waals surface area contributed by atoms with Gasteiger partial charge < -0.3 is 10.1 Å². The van der Waals surface area contributed by atoms with Crippen LogP contribution in [0, 0.1) is 12.7 Å². The first-order valence-corrected chi connectivity index (χ1v) is 9.78. The van der Waals surface area contributed by atoms with Gasteiger partial charge in [0.1, 0.15) is 11.5 Å². The van der Waals surface area contributed by atoms with Crippen molar-refractivity contribution in [3.63, 3.8) is 0 Å². The molecule has 2 aromatic carbocycles. The Kier molecular flexibility index (Phi) is 6.67. The van der Waals surface area contributed by atoms with Gasteiger partial charge in [-0.15, -0.1) is 0 Å². The van der Waals surface area contributed by atoms with Crippen LogP contribution < -0.4 is 5.32 Å². The molecule has 5 nitrogen and oxygen atoms in total. The quantitative estimate of drug-likeness (QED) is 0.511.